The summed E-state index contributed by atoms with van der Waals surface area (Å²) in [5.74, 6) is 2.46. The van der Waals surface area contributed by atoms with Crippen molar-refractivity contribution in [1.82, 2.24) is 0 Å². The lowest BCUT2D eigenvalue weighted by atomic mass is 9.55. The van der Waals surface area contributed by atoms with E-state index in [0.717, 1.165) is 24.3 Å². The molecule has 3 aliphatic rings. The van der Waals surface area contributed by atoms with Gasteiger partial charge in [0.25, 0.3) is 0 Å². The van der Waals surface area contributed by atoms with Crippen LogP contribution in [-0.2, 0) is 6.42 Å². The van der Waals surface area contributed by atoms with Crippen LogP contribution in [0.4, 0.5) is 0 Å². The molecule has 3 heteroatoms. The maximum Gasteiger partial charge on any atom is 0.115 e. The van der Waals surface area contributed by atoms with Crippen LogP contribution in [0.25, 0.3) is 10.8 Å². The van der Waals surface area contributed by atoms with Gasteiger partial charge in [-0.2, -0.15) is 10.2 Å². The fourth-order valence-corrected chi connectivity index (χ4v) is 6.98. The summed E-state index contributed by atoms with van der Waals surface area (Å²) in [6, 6.07) is 20.9. The van der Waals surface area contributed by atoms with Crippen molar-refractivity contribution in [1.29, 1.82) is 0 Å². The smallest absolute Gasteiger partial charge is 0.115 e. The summed E-state index contributed by atoms with van der Waals surface area (Å²) in [7, 11) is 0. The highest BCUT2D eigenvalue weighted by Crippen LogP contribution is 2.60. The molecule has 3 aliphatic carbocycles. The number of aryl methyl sites for hydroxylation is 1. The quantitative estimate of drug-likeness (QED) is 0.355. The number of rotatable bonds is 2. The van der Waals surface area contributed by atoms with Gasteiger partial charge in [0.2, 0.25) is 0 Å². The van der Waals surface area contributed by atoms with Crippen molar-refractivity contribution in [2.75, 3.05) is 0 Å². The molecule has 3 aromatic rings. The van der Waals surface area contributed by atoms with Gasteiger partial charge in [-0.3, -0.25) is 0 Å². The van der Waals surface area contributed by atoms with Gasteiger partial charge in [0, 0.05) is 11.1 Å². The predicted molar refractivity (Wildman–Crippen MR) is 132 cm³/mol. The van der Waals surface area contributed by atoms with Crippen LogP contribution in [0.15, 0.2) is 70.9 Å². The lowest BCUT2D eigenvalue weighted by Gasteiger charge is -2.49. The van der Waals surface area contributed by atoms with Crippen molar-refractivity contribution < 1.29 is 5.11 Å². The summed E-state index contributed by atoms with van der Waals surface area (Å²) in [4.78, 5) is 0. The van der Waals surface area contributed by atoms with Gasteiger partial charge in [-0.15, -0.1) is 0 Å². The van der Waals surface area contributed by atoms with Crippen molar-refractivity contribution in [3.8, 4) is 5.75 Å². The molecule has 0 aliphatic heterocycles. The van der Waals surface area contributed by atoms with Crippen molar-refractivity contribution in [3.63, 3.8) is 0 Å². The Labute approximate surface area is 189 Å². The van der Waals surface area contributed by atoms with E-state index in [1.54, 1.807) is 0 Å². The van der Waals surface area contributed by atoms with Crippen LogP contribution in [0.5, 0.6) is 5.75 Å². The van der Waals surface area contributed by atoms with Crippen LogP contribution in [0.2, 0.25) is 0 Å². The normalized spacial score (nSPS) is 30.4. The molecule has 0 bridgehead atoms. The van der Waals surface area contributed by atoms with Gasteiger partial charge in [-0.25, -0.2) is 0 Å². The molecule has 0 unspecified atom stereocenters. The average Bonchev–Trinajstić information content (AvgIpc) is 3.15. The van der Waals surface area contributed by atoms with E-state index in [2.05, 4.69) is 60.6 Å². The minimum Gasteiger partial charge on any atom is -0.508 e. The molecule has 32 heavy (non-hydrogen) atoms. The van der Waals surface area contributed by atoms with Crippen molar-refractivity contribution in [2.24, 2.45) is 27.5 Å². The first-order valence-electron chi connectivity index (χ1n) is 12.0. The number of phenols is 1. The van der Waals surface area contributed by atoms with Crippen LogP contribution < -0.4 is 0 Å². The Hall–Kier alpha value is -2.94. The Morgan fingerprint density at radius 3 is 2.72 bits per heavy atom. The topological polar surface area (TPSA) is 45.0 Å². The largest absolute Gasteiger partial charge is 0.508 e. The molecule has 0 aromatic heterocycles. The molecular weight excluding hydrogens is 392 g/mol. The van der Waals surface area contributed by atoms with E-state index < -0.39 is 0 Å². The van der Waals surface area contributed by atoms with Crippen molar-refractivity contribution >= 4 is 22.7 Å². The first-order chi connectivity index (χ1) is 15.6. The number of nitrogens with zero attached hydrogens (tertiary/aromatic N) is 2. The highest BCUT2D eigenvalue weighted by atomic mass is 16.3. The third kappa shape index (κ3) is 3.18. The molecule has 2 fully saturated rings. The van der Waals surface area contributed by atoms with Crippen LogP contribution in [0.3, 0.4) is 0 Å². The summed E-state index contributed by atoms with van der Waals surface area (Å²) < 4.78 is 0. The molecule has 0 spiro atoms. The van der Waals surface area contributed by atoms with Gasteiger partial charge in [0.15, 0.2) is 0 Å². The molecule has 1 N–H and O–H groups in total. The van der Waals surface area contributed by atoms with Gasteiger partial charge >= 0.3 is 0 Å². The summed E-state index contributed by atoms with van der Waals surface area (Å²) in [6.07, 6.45) is 8.92. The van der Waals surface area contributed by atoms with Crippen LogP contribution in [0, 0.1) is 17.3 Å². The van der Waals surface area contributed by atoms with E-state index in [1.807, 2.05) is 18.3 Å². The Morgan fingerprint density at radius 2 is 1.81 bits per heavy atom. The van der Waals surface area contributed by atoms with Gasteiger partial charge in [-0.05, 0) is 102 Å². The molecular formula is C29H30N2O. The zero-order valence-corrected chi connectivity index (χ0v) is 18.7. The Bertz CT molecular complexity index is 1240. The number of fused-ring (bicyclic) bond motifs is 6. The van der Waals surface area contributed by atoms with Gasteiger partial charge in [0.05, 0.1) is 6.21 Å². The molecule has 3 aromatic carbocycles. The zero-order chi connectivity index (χ0) is 21.7. The summed E-state index contributed by atoms with van der Waals surface area (Å²) in [5, 5.41) is 21.7. The SMILES string of the molecule is C[C@]12CC[C@@H]3c4ccc(O)cc4CC[C@H]3[C@@H]1CC/C2=N\N=C\c1ccc2ccccc2c1. The summed E-state index contributed by atoms with van der Waals surface area (Å²) in [6.45, 7) is 2.44. The third-order valence-electron chi connectivity index (χ3n) is 8.61. The zero-order valence-electron chi connectivity index (χ0n) is 18.7. The molecule has 4 atom stereocenters. The summed E-state index contributed by atoms with van der Waals surface area (Å²) in [5.41, 5.74) is 5.43. The maximum absolute atomic E-state index is 9.90. The number of aromatic hydroxyl groups is 1. The number of hydrogen-bond donors (Lipinski definition) is 1. The average molecular weight is 423 g/mol. The molecule has 162 valence electrons. The summed E-state index contributed by atoms with van der Waals surface area (Å²) >= 11 is 0. The maximum atomic E-state index is 9.90. The molecule has 3 nitrogen and oxygen atoms in total. The van der Waals surface area contributed by atoms with Gasteiger partial charge < -0.3 is 5.11 Å². The minimum atomic E-state index is 0.177. The monoisotopic (exact) mass is 422 g/mol. The van der Waals surface area contributed by atoms with Gasteiger partial charge in [0.1, 0.15) is 5.75 Å². The van der Waals surface area contributed by atoms with Crippen LogP contribution >= 0.6 is 0 Å². The second-order valence-corrected chi connectivity index (χ2v) is 10.2. The second-order valence-electron chi connectivity index (χ2n) is 10.2. The van der Waals surface area contributed by atoms with E-state index >= 15 is 0 Å². The minimum absolute atomic E-state index is 0.177. The molecule has 0 radical (unpaired) electrons. The van der Waals surface area contributed by atoms with Crippen molar-refractivity contribution in [2.45, 2.75) is 51.4 Å². The molecule has 6 rings (SSSR count). The van der Waals surface area contributed by atoms with E-state index in [0.29, 0.717) is 17.6 Å². The van der Waals surface area contributed by atoms with E-state index in [4.69, 9.17) is 5.10 Å². The first-order valence-corrected chi connectivity index (χ1v) is 12.0. The molecule has 0 heterocycles. The molecule has 2 saturated carbocycles. The lowest BCUT2D eigenvalue weighted by molar-refractivity contribution is 0.0955. The fourth-order valence-electron chi connectivity index (χ4n) is 6.98. The number of benzene rings is 3. The van der Waals surface area contributed by atoms with Crippen LogP contribution in [-0.4, -0.2) is 17.0 Å². The first kappa shape index (κ1) is 19.7. The Morgan fingerprint density at radius 1 is 0.938 bits per heavy atom. The van der Waals surface area contributed by atoms with Crippen LogP contribution in [0.1, 0.15) is 61.6 Å². The van der Waals surface area contributed by atoms with Crippen molar-refractivity contribution in [3.05, 3.63) is 77.4 Å². The Balaban J connectivity index is 1.24. The Kier molecular flexibility index (Phi) is 4.67. The highest BCUT2D eigenvalue weighted by Gasteiger charge is 2.53. The third-order valence-corrected chi connectivity index (χ3v) is 8.61. The van der Waals surface area contributed by atoms with E-state index in [-0.39, 0.29) is 5.41 Å². The second kappa shape index (κ2) is 7.58. The number of hydrogen-bond acceptors (Lipinski definition) is 3. The molecule has 0 saturated heterocycles. The fraction of sp³-hybridized carbons (Fsp3) is 0.379. The number of phenolic OH excluding ortho intramolecular Hbond substituents is 1. The molecule has 0 amide bonds. The van der Waals surface area contributed by atoms with E-state index in [9.17, 15) is 5.11 Å². The predicted octanol–water partition coefficient (Wildman–Crippen LogP) is 6.88. The van der Waals surface area contributed by atoms with E-state index in [1.165, 1.54) is 53.3 Å². The highest BCUT2D eigenvalue weighted by molar-refractivity contribution is 5.94. The van der Waals surface area contributed by atoms with Gasteiger partial charge in [-0.1, -0.05) is 49.4 Å². The standard InChI is InChI=1S/C29H30N2O/c1-29-15-14-25-24-11-9-23(32)17-22(24)8-10-26(25)27(29)12-13-28(29)31-30-18-19-6-7-20-4-2-3-5-21(20)16-19/h2-7,9,11,16-18,25-27,32H,8,10,12-15H2,1H3/b30-18+,31-28+/t25-,26-,27+,29+/m1/s1. The lowest BCUT2D eigenvalue weighted by Crippen LogP contribution is -2.42.